The lowest BCUT2D eigenvalue weighted by atomic mass is 10.2. The number of nitrogens with zero attached hydrogens (tertiary/aromatic N) is 7. The van der Waals surface area contributed by atoms with Gasteiger partial charge in [0.15, 0.2) is 5.82 Å². The van der Waals surface area contributed by atoms with Crippen molar-refractivity contribution in [3.8, 4) is 11.4 Å². The minimum absolute atomic E-state index is 0.191. The SMILES string of the molecule is c1cc(-c2nc3c(c(Sc4nnnn4CC4CCCO4)n2)CCC3)ccn1. The Morgan fingerprint density at radius 1 is 1.15 bits per heavy atom. The van der Waals surface area contributed by atoms with Gasteiger partial charge in [0.1, 0.15) is 5.03 Å². The van der Waals surface area contributed by atoms with Crippen molar-refractivity contribution in [1.82, 2.24) is 35.2 Å². The largest absolute Gasteiger partial charge is 0.376 e. The number of hydrogen-bond donors (Lipinski definition) is 0. The lowest BCUT2D eigenvalue weighted by Crippen LogP contribution is -2.17. The first kappa shape index (κ1) is 16.8. The lowest BCUT2D eigenvalue weighted by molar-refractivity contribution is 0.0912. The van der Waals surface area contributed by atoms with E-state index in [1.165, 1.54) is 17.3 Å². The topological polar surface area (TPSA) is 91.5 Å². The van der Waals surface area contributed by atoms with Gasteiger partial charge in [-0.3, -0.25) is 4.98 Å². The molecular weight excluding hydrogens is 362 g/mol. The van der Waals surface area contributed by atoms with Crippen LogP contribution in [-0.4, -0.2) is 47.9 Å². The number of ether oxygens (including phenoxy) is 1. The molecule has 0 spiro atoms. The highest BCUT2D eigenvalue weighted by atomic mass is 32.2. The van der Waals surface area contributed by atoms with E-state index < -0.39 is 0 Å². The molecular formula is C18H19N7OS. The number of aryl methyl sites for hydroxylation is 1. The van der Waals surface area contributed by atoms with Crippen LogP contribution in [0.4, 0.5) is 0 Å². The molecule has 4 heterocycles. The summed E-state index contributed by atoms with van der Waals surface area (Å²) in [6.07, 6.45) is 8.98. The Bertz CT molecular complexity index is 940. The van der Waals surface area contributed by atoms with E-state index in [0.717, 1.165) is 66.0 Å². The zero-order chi connectivity index (χ0) is 18.1. The third kappa shape index (κ3) is 3.44. The van der Waals surface area contributed by atoms with Crippen LogP contribution in [0, 0.1) is 0 Å². The molecule has 3 aromatic heterocycles. The summed E-state index contributed by atoms with van der Waals surface area (Å²) < 4.78 is 7.55. The van der Waals surface area contributed by atoms with Crippen molar-refractivity contribution in [2.45, 2.75) is 54.9 Å². The molecule has 138 valence electrons. The van der Waals surface area contributed by atoms with E-state index in [-0.39, 0.29) is 6.10 Å². The Hall–Kier alpha value is -2.39. The molecule has 3 aromatic rings. The predicted octanol–water partition coefficient (Wildman–Crippen LogP) is 2.34. The van der Waals surface area contributed by atoms with E-state index in [2.05, 4.69) is 20.5 Å². The first-order valence-electron chi connectivity index (χ1n) is 9.22. The molecule has 8 nitrogen and oxygen atoms in total. The van der Waals surface area contributed by atoms with Crippen LogP contribution >= 0.6 is 11.8 Å². The number of tetrazole rings is 1. The zero-order valence-electron chi connectivity index (χ0n) is 14.8. The monoisotopic (exact) mass is 381 g/mol. The van der Waals surface area contributed by atoms with Gasteiger partial charge in [-0.15, -0.1) is 5.10 Å². The highest BCUT2D eigenvalue weighted by Crippen LogP contribution is 2.34. The minimum Gasteiger partial charge on any atom is -0.376 e. The smallest absolute Gasteiger partial charge is 0.215 e. The summed E-state index contributed by atoms with van der Waals surface area (Å²) >= 11 is 1.52. The van der Waals surface area contributed by atoms with E-state index >= 15 is 0 Å². The van der Waals surface area contributed by atoms with Gasteiger partial charge < -0.3 is 4.74 Å². The van der Waals surface area contributed by atoms with Crippen molar-refractivity contribution >= 4 is 11.8 Å². The van der Waals surface area contributed by atoms with Crippen molar-refractivity contribution < 1.29 is 4.74 Å². The Kier molecular flexibility index (Phi) is 4.54. The van der Waals surface area contributed by atoms with E-state index in [0.29, 0.717) is 6.54 Å². The van der Waals surface area contributed by atoms with Gasteiger partial charge in [-0.25, -0.2) is 14.6 Å². The standard InChI is InChI=1S/C18H19N7OS/c1-4-14-15(5-1)20-16(12-6-8-19-9-7-12)21-17(14)27-18-22-23-24-25(18)11-13-3-2-10-26-13/h6-9,13H,1-5,10-11H2. The van der Waals surface area contributed by atoms with Crippen LogP contribution < -0.4 is 0 Å². The van der Waals surface area contributed by atoms with Crippen LogP contribution in [-0.2, 0) is 24.1 Å². The summed E-state index contributed by atoms with van der Waals surface area (Å²) in [5.74, 6) is 0.735. The molecule has 1 fully saturated rings. The molecule has 1 aliphatic heterocycles. The molecule has 9 heteroatoms. The quantitative estimate of drug-likeness (QED) is 0.622. The van der Waals surface area contributed by atoms with E-state index in [9.17, 15) is 0 Å². The third-order valence-electron chi connectivity index (χ3n) is 4.92. The van der Waals surface area contributed by atoms with Gasteiger partial charge in [0.25, 0.3) is 0 Å². The Morgan fingerprint density at radius 2 is 2.07 bits per heavy atom. The lowest BCUT2D eigenvalue weighted by Gasteiger charge is -2.12. The van der Waals surface area contributed by atoms with Gasteiger partial charge >= 0.3 is 0 Å². The van der Waals surface area contributed by atoms with E-state index in [1.807, 2.05) is 16.8 Å². The van der Waals surface area contributed by atoms with Gasteiger partial charge in [0, 0.05) is 35.8 Å². The minimum atomic E-state index is 0.191. The van der Waals surface area contributed by atoms with Crippen molar-refractivity contribution in [2.75, 3.05) is 6.61 Å². The fraction of sp³-hybridized carbons (Fsp3) is 0.444. The predicted molar refractivity (Wildman–Crippen MR) is 98.2 cm³/mol. The number of hydrogen-bond acceptors (Lipinski definition) is 8. The second-order valence-corrected chi connectivity index (χ2v) is 7.70. The Morgan fingerprint density at radius 3 is 2.93 bits per heavy atom. The zero-order valence-corrected chi connectivity index (χ0v) is 15.6. The van der Waals surface area contributed by atoms with Crippen LogP contribution in [0.5, 0.6) is 0 Å². The van der Waals surface area contributed by atoms with E-state index in [1.54, 1.807) is 12.4 Å². The van der Waals surface area contributed by atoms with Crippen LogP contribution in [0.25, 0.3) is 11.4 Å². The number of fused-ring (bicyclic) bond motifs is 1. The molecule has 1 aliphatic carbocycles. The Balaban J connectivity index is 1.47. The third-order valence-corrected chi connectivity index (χ3v) is 5.93. The molecule has 1 saturated heterocycles. The maximum atomic E-state index is 5.73. The molecule has 0 aromatic carbocycles. The molecule has 1 atom stereocenters. The van der Waals surface area contributed by atoms with Crippen LogP contribution in [0.3, 0.4) is 0 Å². The van der Waals surface area contributed by atoms with Crippen LogP contribution in [0.15, 0.2) is 34.7 Å². The molecule has 27 heavy (non-hydrogen) atoms. The summed E-state index contributed by atoms with van der Waals surface area (Å²) in [6, 6.07) is 3.87. The summed E-state index contributed by atoms with van der Waals surface area (Å²) in [4.78, 5) is 13.7. The maximum Gasteiger partial charge on any atom is 0.215 e. The molecule has 0 N–H and O–H groups in total. The van der Waals surface area contributed by atoms with Gasteiger partial charge in [-0.2, -0.15) is 0 Å². The fourth-order valence-corrected chi connectivity index (χ4v) is 4.51. The van der Waals surface area contributed by atoms with Crippen molar-refractivity contribution in [3.05, 3.63) is 35.8 Å². The van der Waals surface area contributed by atoms with Gasteiger partial charge in [0.05, 0.1) is 12.6 Å². The van der Waals surface area contributed by atoms with Crippen molar-refractivity contribution in [3.63, 3.8) is 0 Å². The normalized spacial score (nSPS) is 18.7. The average molecular weight is 381 g/mol. The number of rotatable bonds is 5. The average Bonchev–Trinajstić information content (AvgIpc) is 3.45. The summed E-state index contributed by atoms with van der Waals surface area (Å²) in [5.41, 5.74) is 3.34. The molecule has 1 unspecified atom stereocenters. The Labute approximate surface area is 160 Å². The highest BCUT2D eigenvalue weighted by molar-refractivity contribution is 7.99. The molecule has 2 aliphatic rings. The fourth-order valence-electron chi connectivity index (χ4n) is 3.56. The second-order valence-electron chi connectivity index (χ2n) is 6.75. The number of pyridine rings is 1. The van der Waals surface area contributed by atoms with Crippen LogP contribution in [0.2, 0.25) is 0 Å². The summed E-state index contributed by atoms with van der Waals surface area (Å²) in [5, 5.41) is 13.9. The molecule has 5 rings (SSSR count). The first-order chi connectivity index (χ1) is 13.4. The van der Waals surface area contributed by atoms with Crippen molar-refractivity contribution in [1.29, 1.82) is 0 Å². The number of aromatic nitrogens is 7. The molecule has 0 amide bonds. The first-order valence-corrected chi connectivity index (χ1v) is 10.0. The van der Waals surface area contributed by atoms with Crippen molar-refractivity contribution in [2.24, 2.45) is 0 Å². The van der Waals surface area contributed by atoms with E-state index in [4.69, 9.17) is 14.7 Å². The molecule has 0 saturated carbocycles. The van der Waals surface area contributed by atoms with Gasteiger partial charge in [-0.05, 0) is 66.4 Å². The van der Waals surface area contributed by atoms with Crippen LogP contribution in [0.1, 0.15) is 30.5 Å². The van der Waals surface area contributed by atoms with Gasteiger partial charge in [0.2, 0.25) is 5.16 Å². The second kappa shape index (κ2) is 7.32. The summed E-state index contributed by atoms with van der Waals surface area (Å²) in [6.45, 7) is 1.50. The highest BCUT2D eigenvalue weighted by Gasteiger charge is 2.24. The summed E-state index contributed by atoms with van der Waals surface area (Å²) in [7, 11) is 0. The molecule has 0 bridgehead atoms. The van der Waals surface area contributed by atoms with Gasteiger partial charge in [-0.1, -0.05) is 0 Å². The molecule has 0 radical (unpaired) electrons. The maximum absolute atomic E-state index is 5.73.